The zero-order valence-corrected chi connectivity index (χ0v) is 40.8. The van der Waals surface area contributed by atoms with Crippen molar-refractivity contribution in [3.63, 3.8) is 0 Å². The van der Waals surface area contributed by atoms with Crippen LogP contribution in [-0.4, -0.2) is 9.13 Å². The molecule has 0 aliphatic rings. The summed E-state index contributed by atoms with van der Waals surface area (Å²) in [6.45, 7) is 15.9. The Morgan fingerprint density at radius 2 is 0.731 bits per heavy atom. The number of para-hydroxylation sites is 2. The molecule has 0 radical (unpaired) electrons. The van der Waals surface area contributed by atoms with Gasteiger partial charge in [0.2, 0.25) is 0 Å². The molecule has 78 heavy (non-hydrogen) atoms. The van der Waals surface area contributed by atoms with Crippen LogP contribution in [0.1, 0.15) is 27.8 Å². The van der Waals surface area contributed by atoms with Crippen molar-refractivity contribution in [2.75, 3.05) is 0 Å². The van der Waals surface area contributed by atoms with Gasteiger partial charge in [-0.15, -0.1) is 0 Å². The number of aromatic nitrogens is 2. The number of fused-ring (bicyclic) bond motifs is 6. The number of rotatable bonds is 7. The molecule has 0 N–H and O–H groups in total. The summed E-state index contributed by atoms with van der Waals surface area (Å²) in [6.07, 6.45) is -4.94. The van der Waals surface area contributed by atoms with Crippen LogP contribution in [0.15, 0.2) is 200 Å². The van der Waals surface area contributed by atoms with E-state index in [9.17, 15) is 21.0 Å². The van der Waals surface area contributed by atoms with Crippen molar-refractivity contribution in [3.8, 4) is 91.3 Å². The lowest BCUT2D eigenvalue weighted by Gasteiger charge is -2.22. The van der Waals surface area contributed by atoms with E-state index in [4.69, 9.17) is 13.1 Å². The Morgan fingerprint density at radius 1 is 0.359 bits per heavy atom. The third-order valence-corrected chi connectivity index (χ3v) is 14.4. The largest absolute Gasteiger partial charge is 0.417 e. The molecule has 0 amide bonds. The van der Waals surface area contributed by atoms with E-state index in [0.29, 0.717) is 99.5 Å². The van der Waals surface area contributed by atoms with Crippen LogP contribution in [0.25, 0.3) is 120 Å². The molecule has 12 rings (SSSR count). The van der Waals surface area contributed by atoms with E-state index in [1.54, 1.807) is 60.7 Å². The predicted molar refractivity (Wildman–Crippen MR) is 299 cm³/mol. The number of halogens is 3. The van der Waals surface area contributed by atoms with Gasteiger partial charge < -0.3 is 9.13 Å². The van der Waals surface area contributed by atoms with Gasteiger partial charge in [0.15, 0.2) is 11.4 Å². The second-order valence-electron chi connectivity index (χ2n) is 18.5. The van der Waals surface area contributed by atoms with Crippen molar-refractivity contribution in [1.82, 2.24) is 9.13 Å². The number of nitrogens with zero attached hydrogens (tertiary/aromatic N) is 8. The summed E-state index contributed by atoms with van der Waals surface area (Å²) >= 11 is 0. The van der Waals surface area contributed by atoms with Gasteiger partial charge >= 0.3 is 6.18 Å². The highest BCUT2D eigenvalue weighted by atomic mass is 19.4. The maximum atomic E-state index is 15.7. The van der Waals surface area contributed by atoms with Gasteiger partial charge in [-0.25, -0.2) is 9.69 Å². The molecule has 0 aliphatic carbocycles. The maximum absolute atomic E-state index is 15.7. The summed E-state index contributed by atoms with van der Waals surface area (Å²) in [5.41, 5.74) is 8.44. The van der Waals surface area contributed by atoms with E-state index in [-0.39, 0.29) is 33.6 Å². The molecule has 0 aliphatic heterocycles. The molecule has 12 aromatic rings. The molecule has 10 aromatic carbocycles. The van der Waals surface area contributed by atoms with Crippen molar-refractivity contribution in [1.29, 1.82) is 21.0 Å². The van der Waals surface area contributed by atoms with Crippen molar-refractivity contribution in [2.24, 2.45) is 0 Å². The molecular weight excluding hydrogens is 974 g/mol. The lowest BCUT2D eigenvalue weighted by atomic mass is 9.91. The second kappa shape index (κ2) is 18.8. The smallest absolute Gasteiger partial charge is 0.309 e. The van der Waals surface area contributed by atoms with Gasteiger partial charge in [-0.2, -0.15) is 34.2 Å². The molecule has 0 atom stereocenters. The zero-order chi connectivity index (χ0) is 53.8. The third-order valence-electron chi connectivity index (χ3n) is 14.4. The van der Waals surface area contributed by atoms with Gasteiger partial charge in [0, 0.05) is 32.7 Å². The zero-order valence-electron chi connectivity index (χ0n) is 40.8. The Labute approximate surface area is 444 Å². The van der Waals surface area contributed by atoms with E-state index >= 15 is 13.2 Å². The molecule has 0 spiro atoms. The normalized spacial score (nSPS) is 11.2. The SMILES string of the molecule is [C-]#[N+]c1ccccc1-c1ccc2c(c1)c1cc(-c3ccccc3[N+]#[C-])ccc1n2-c1cc(C#N)c(-n2c3ccc(-c4ccccc4C#N)cc3c3cc(-c4ccccc4C#N)ccc32)cc1-c1c(C#N)cccc1C(F)(F)F. The molecule has 0 unspecified atom stereocenters. The monoisotopic (exact) mass is 1010 g/mol. The Bertz CT molecular complexity index is 4590. The van der Waals surface area contributed by atoms with E-state index in [2.05, 4.69) is 34.0 Å². The molecule has 0 fully saturated rings. The van der Waals surface area contributed by atoms with Crippen LogP contribution in [0.5, 0.6) is 0 Å². The van der Waals surface area contributed by atoms with Gasteiger partial charge in [0.05, 0.1) is 92.6 Å². The average molecular weight is 1010 g/mol. The molecular formula is C67H33F3N8. The Balaban J connectivity index is 1.21. The fourth-order valence-corrected chi connectivity index (χ4v) is 10.9. The number of alkyl halides is 3. The summed E-state index contributed by atoms with van der Waals surface area (Å²) in [7, 11) is 0. The van der Waals surface area contributed by atoms with Crippen molar-refractivity contribution < 1.29 is 13.2 Å². The minimum Gasteiger partial charge on any atom is -0.309 e. The standard InChI is InChI=1S/C67H33F3N8/c1-75-58-20-9-7-17-50(58)42-24-28-62-54(32-42)55-33-43(51-18-8-10-21-59(51)76-2)25-29-63(55)78(62)65-34-47(39-74)64(35-56(65)66-46(38-73)14-11-19-57(66)67(68,69)70)77-60-26-22-40(48-15-5-3-12-44(48)36-71)30-52(60)53-31-41(23-27-61(53)77)49-16-6-4-13-45(49)37-72/h3-35H. The van der Waals surface area contributed by atoms with E-state index in [1.165, 1.54) is 12.1 Å². The van der Waals surface area contributed by atoms with E-state index < -0.39 is 11.7 Å². The first-order chi connectivity index (χ1) is 38.1. The van der Waals surface area contributed by atoms with Crippen molar-refractivity contribution in [2.45, 2.75) is 6.18 Å². The van der Waals surface area contributed by atoms with Crippen LogP contribution in [0.2, 0.25) is 0 Å². The highest BCUT2D eigenvalue weighted by Gasteiger charge is 2.36. The van der Waals surface area contributed by atoms with Gasteiger partial charge in [0.25, 0.3) is 0 Å². The van der Waals surface area contributed by atoms with Gasteiger partial charge in [0.1, 0.15) is 6.07 Å². The van der Waals surface area contributed by atoms with Crippen LogP contribution in [0.3, 0.4) is 0 Å². The fourth-order valence-electron chi connectivity index (χ4n) is 10.9. The topological polar surface area (TPSA) is 114 Å². The molecule has 362 valence electrons. The Morgan fingerprint density at radius 3 is 1.14 bits per heavy atom. The molecule has 2 aromatic heterocycles. The Hall–Kier alpha value is -11.5. The van der Waals surface area contributed by atoms with Gasteiger partial charge in [-0.1, -0.05) is 115 Å². The van der Waals surface area contributed by atoms with Crippen molar-refractivity contribution >= 4 is 55.0 Å². The number of nitriles is 4. The quantitative estimate of drug-likeness (QED) is 0.148. The number of hydrogen-bond donors (Lipinski definition) is 0. The first kappa shape index (κ1) is 47.5. The second-order valence-corrected chi connectivity index (χ2v) is 18.5. The minimum atomic E-state index is -4.94. The molecule has 8 nitrogen and oxygen atoms in total. The van der Waals surface area contributed by atoms with Crippen LogP contribution in [-0.2, 0) is 6.18 Å². The summed E-state index contributed by atoms with van der Waals surface area (Å²) in [5, 5.41) is 45.3. The van der Waals surface area contributed by atoms with Gasteiger partial charge in [-0.05, 0) is 129 Å². The lowest BCUT2D eigenvalue weighted by Crippen LogP contribution is -2.11. The van der Waals surface area contributed by atoms with Gasteiger partial charge in [-0.3, -0.25) is 0 Å². The van der Waals surface area contributed by atoms with Crippen LogP contribution in [0.4, 0.5) is 24.5 Å². The molecule has 11 heteroatoms. The maximum Gasteiger partial charge on any atom is 0.417 e. The average Bonchev–Trinajstić information content (AvgIpc) is 4.21. The number of hydrogen-bond acceptors (Lipinski definition) is 4. The number of benzene rings is 10. The lowest BCUT2D eigenvalue weighted by molar-refractivity contribution is -0.137. The fraction of sp³-hybridized carbons (Fsp3) is 0.0149. The summed E-state index contributed by atoms with van der Waals surface area (Å²) in [5.74, 6) is 0. The third kappa shape index (κ3) is 7.65. The molecule has 0 saturated carbocycles. The highest BCUT2D eigenvalue weighted by molar-refractivity contribution is 6.14. The first-order valence-corrected chi connectivity index (χ1v) is 24.4. The molecule has 0 bridgehead atoms. The minimum absolute atomic E-state index is 0.00580. The molecule has 0 saturated heterocycles. The van der Waals surface area contributed by atoms with Crippen LogP contribution < -0.4 is 0 Å². The van der Waals surface area contributed by atoms with Crippen LogP contribution in [0, 0.1) is 58.5 Å². The van der Waals surface area contributed by atoms with E-state index in [1.807, 2.05) is 130 Å². The Kier molecular flexibility index (Phi) is 11.4. The van der Waals surface area contributed by atoms with Crippen molar-refractivity contribution in [3.05, 3.63) is 251 Å². The summed E-state index contributed by atoms with van der Waals surface area (Å²) < 4.78 is 50.8. The van der Waals surface area contributed by atoms with E-state index in [0.717, 1.165) is 17.2 Å². The summed E-state index contributed by atoms with van der Waals surface area (Å²) in [6, 6.07) is 67.2. The molecule has 2 heterocycles. The first-order valence-electron chi connectivity index (χ1n) is 24.4. The van der Waals surface area contributed by atoms with Crippen LogP contribution >= 0.6 is 0 Å². The highest BCUT2D eigenvalue weighted by Crippen LogP contribution is 2.48. The predicted octanol–water partition coefficient (Wildman–Crippen LogP) is 17.8. The summed E-state index contributed by atoms with van der Waals surface area (Å²) in [4.78, 5) is 7.57.